The lowest BCUT2D eigenvalue weighted by atomic mass is 9.80. The van der Waals surface area contributed by atoms with Gasteiger partial charge in [-0.05, 0) is 25.3 Å². The Morgan fingerprint density at radius 3 is 2.36 bits per heavy atom. The van der Waals surface area contributed by atoms with Gasteiger partial charge in [-0.15, -0.1) is 0 Å². The molecule has 0 aliphatic heterocycles. The number of benzene rings is 1. The third-order valence-corrected chi connectivity index (χ3v) is 3.55. The molecule has 0 bridgehead atoms. The first-order valence-electron chi connectivity index (χ1n) is 7.18. The molecule has 0 saturated carbocycles. The Bertz CT molecular complexity index is 474. The molecule has 5 nitrogen and oxygen atoms in total. The largest absolute Gasteiger partial charge is 0.508 e. The summed E-state index contributed by atoms with van der Waals surface area (Å²) in [5.74, 6) is 0. The maximum atomic E-state index is 10.8. The average Bonchev–Trinajstić information content (AvgIpc) is 2.55. The third-order valence-electron chi connectivity index (χ3n) is 3.55. The predicted octanol–water partition coefficient (Wildman–Crippen LogP) is 2.24. The second-order valence-electron chi connectivity index (χ2n) is 5.42. The molecule has 0 spiro atoms. The molecule has 5 heteroatoms. The van der Waals surface area contributed by atoms with Crippen LogP contribution in [0.5, 0.6) is 0 Å². The number of hydrogen-bond acceptors (Lipinski definition) is 5. The van der Waals surface area contributed by atoms with Gasteiger partial charge in [0.1, 0.15) is 6.61 Å². The van der Waals surface area contributed by atoms with Gasteiger partial charge in [0.15, 0.2) is 0 Å². The Labute approximate surface area is 131 Å². The van der Waals surface area contributed by atoms with Crippen LogP contribution in [0.4, 0.5) is 4.79 Å². The van der Waals surface area contributed by atoms with Gasteiger partial charge in [0.25, 0.3) is 0 Å². The summed E-state index contributed by atoms with van der Waals surface area (Å²) in [6.07, 6.45) is 3.79. The van der Waals surface area contributed by atoms with Crippen LogP contribution in [0.1, 0.15) is 17.5 Å². The SMILES string of the molecule is COC(=O)OC/C=C/CC(CO)(CO)Cc1ccc(C)cc1. The zero-order valence-corrected chi connectivity index (χ0v) is 13.1. The molecule has 0 amide bonds. The third kappa shape index (κ3) is 5.87. The Balaban J connectivity index is 2.60. The van der Waals surface area contributed by atoms with E-state index in [9.17, 15) is 15.0 Å². The van der Waals surface area contributed by atoms with Crippen LogP contribution >= 0.6 is 0 Å². The summed E-state index contributed by atoms with van der Waals surface area (Å²) in [6, 6.07) is 8.02. The lowest BCUT2D eigenvalue weighted by Crippen LogP contribution is -2.32. The molecule has 0 atom stereocenters. The van der Waals surface area contributed by atoms with Gasteiger partial charge in [-0.1, -0.05) is 42.0 Å². The molecule has 22 heavy (non-hydrogen) atoms. The monoisotopic (exact) mass is 308 g/mol. The minimum atomic E-state index is -0.736. The lowest BCUT2D eigenvalue weighted by molar-refractivity contribution is 0.0566. The standard InChI is InChI=1S/C17H24O5/c1-14-5-7-15(8-6-14)11-17(12-18,13-19)9-3-4-10-22-16(20)21-2/h3-8,18-19H,9-13H2,1-2H3/b4-3+. The highest BCUT2D eigenvalue weighted by Crippen LogP contribution is 2.27. The zero-order valence-electron chi connectivity index (χ0n) is 13.1. The Kier molecular flexibility index (Phi) is 7.63. The van der Waals surface area contributed by atoms with Gasteiger partial charge in [-0.25, -0.2) is 4.79 Å². The number of aliphatic hydroxyl groups excluding tert-OH is 2. The van der Waals surface area contributed by atoms with Crippen LogP contribution in [-0.4, -0.2) is 43.3 Å². The second kappa shape index (κ2) is 9.23. The fourth-order valence-corrected chi connectivity index (χ4v) is 2.08. The van der Waals surface area contributed by atoms with Crippen LogP contribution < -0.4 is 0 Å². The van der Waals surface area contributed by atoms with E-state index in [1.54, 1.807) is 12.2 Å². The average molecular weight is 308 g/mol. The normalized spacial score (nSPS) is 11.6. The smallest absolute Gasteiger partial charge is 0.438 e. The topological polar surface area (TPSA) is 76.0 Å². The van der Waals surface area contributed by atoms with Crippen LogP contribution in [0.3, 0.4) is 0 Å². The molecule has 0 fully saturated rings. The fraction of sp³-hybridized carbons (Fsp3) is 0.471. The fourth-order valence-electron chi connectivity index (χ4n) is 2.08. The highest BCUT2D eigenvalue weighted by molar-refractivity contribution is 5.59. The summed E-state index contributed by atoms with van der Waals surface area (Å²) in [4.78, 5) is 10.8. The zero-order chi connectivity index (χ0) is 16.4. The number of hydrogen-bond donors (Lipinski definition) is 2. The molecule has 0 saturated heterocycles. The molecule has 122 valence electrons. The van der Waals surface area contributed by atoms with Crippen molar-refractivity contribution in [3.63, 3.8) is 0 Å². The van der Waals surface area contributed by atoms with E-state index in [0.717, 1.165) is 5.56 Å². The number of carbonyl (C=O) groups is 1. The van der Waals surface area contributed by atoms with E-state index < -0.39 is 11.6 Å². The van der Waals surface area contributed by atoms with Gasteiger partial charge in [-0.3, -0.25) is 0 Å². The van der Waals surface area contributed by atoms with Crippen LogP contribution in [0, 0.1) is 12.3 Å². The van der Waals surface area contributed by atoms with Crippen molar-refractivity contribution < 1.29 is 24.5 Å². The number of allylic oxidation sites excluding steroid dienone is 1. The summed E-state index contributed by atoms with van der Waals surface area (Å²) >= 11 is 0. The number of methoxy groups -OCH3 is 1. The van der Waals surface area contributed by atoms with Gasteiger partial charge in [0, 0.05) is 5.41 Å². The van der Waals surface area contributed by atoms with Gasteiger partial charge in [0.05, 0.1) is 20.3 Å². The van der Waals surface area contributed by atoms with E-state index in [2.05, 4.69) is 4.74 Å². The minimum absolute atomic E-state index is 0.101. The summed E-state index contributed by atoms with van der Waals surface area (Å²) in [6.45, 7) is 1.86. The van der Waals surface area contributed by atoms with Gasteiger partial charge < -0.3 is 19.7 Å². The van der Waals surface area contributed by atoms with Crippen LogP contribution in [0.2, 0.25) is 0 Å². The molecule has 0 aromatic heterocycles. The first-order chi connectivity index (χ1) is 10.5. The van der Waals surface area contributed by atoms with E-state index in [0.29, 0.717) is 12.8 Å². The van der Waals surface area contributed by atoms with E-state index in [4.69, 9.17) is 4.74 Å². The quantitative estimate of drug-likeness (QED) is 0.569. The Morgan fingerprint density at radius 2 is 1.82 bits per heavy atom. The first-order valence-corrected chi connectivity index (χ1v) is 7.18. The van der Waals surface area contributed by atoms with Crippen molar-refractivity contribution in [2.45, 2.75) is 19.8 Å². The van der Waals surface area contributed by atoms with E-state index in [1.165, 1.54) is 12.7 Å². The highest BCUT2D eigenvalue weighted by atomic mass is 16.7. The number of aryl methyl sites for hydroxylation is 1. The lowest BCUT2D eigenvalue weighted by Gasteiger charge is -2.28. The molecule has 0 aliphatic rings. The van der Waals surface area contributed by atoms with Crippen molar-refractivity contribution in [2.75, 3.05) is 26.9 Å². The van der Waals surface area contributed by atoms with Crippen LogP contribution in [-0.2, 0) is 15.9 Å². The van der Waals surface area contributed by atoms with E-state index >= 15 is 0 Å². The van der Waals surface area contributed by atoms with Gasteiger partial charge in [-0.2, -0.15) is 0 Å². The predicted molar refractivity (Wildman–Crippen MR) is 83.6 cm³/mol. The highest BCUT2D eigenvalue weighted by Gasteiger charge is 2.27. The second-order valence-corrected chi connectivity index (χ2v) is 5.42. The van der Waals surface area contributed by atoms with Gasteiger partial charge >= 0.3 is 6.16 Å². The van der Waals surface area contributed by atoms with Crippen molar-refractivity contribution in [1.29, 1.82) is 0 Å². The molecule has 1 aromatic carbocycles. The molecule has 1 rings (SSSR count). The molecule has 0 radical (unpaired) electrons. The number of carbonyl (C=O) groups excluding carboxylic acids is 1. The summed E-state index contributed by atoms with van der Waals surface area (Å²) < 4.78 is 9.09. The maximum absolute atomic E-state index is 10.8. The summed E-state index contributed by atoms with van der Waals surface area (Å²) in [7, 11) is 1.25. The molecule has 1 aromatic rings. The number of aliphatic hydroxyl groups is 2. The van der Waals surface area contributed by atoms with Crippen molar-refractivity contribution in [3.05, 3.63) is 47.5 Å². The maximum Gasteiger partial charge on any atom is 0.508 e. The van der Waals surface area contributed by atoms with E-state index in [-0.39, 0.29) is 19.8 Å². The molecule has 0 unspecified atom stereocenters. The van der Waals surface area contributed by atoms with Crippen molar-refractivity contribution in [2.24, 2.45) is 5.41 Å². The van der Waals surface area contributed by atoms with E-state index in [1.807, 2.05) is 31.2 Å². The van der Waals surface area contributed by atoms with Crippen molar-refractivity contribution in [3.8, 4) is 0 Å². The number of rotatable bonds is 8. The number of ether oxygens (including phenoxy) is 2. The summed E-state index contributed by atoms with van der Waals surface area (Å²) in [5.41, 5.74) is 1.60. The molecular weight excluding hydrogens is 284 g/mol. The molecule has 0 aliphatic carbocycles. The summed E-state index contributed by atoms with van der Waals surface area (Å²) in [5, 5.41) is 19.4. The van der Waals surface area contributed by atoms with Crippen LogP contribution in [0.25, 0.3) is 0 Å². The van der Waals surface area contributed by atoms with Gasteiger partial charge in [0.2, 0.25) is 0 Å². The molecule has 2 N–H and O–H groups in total. The Hall–Kier alpha value is -1.85. The Morgan fingerprint density at radius 1 is 1.18 bits per heavy atom. The van der Waals surface area contributed by atoms with Crippen molar-refractivity contribution in [1.82, 2.24) is 0 Å². The first kappa shape index (κ1) is 18.2. The van der Waals surface area contributed by atoms with Crippen LogP contribution in [0.15, 0.2) is 36.4 Å². The molecular formula is C17H24O5. The van der Waals surface area contributed by atoms with Crippen molar-refractivity contribution >= 4 is 6.16 Å². The minimum Gasteiger partial charge on any atom is -0.438 e. The molecule has 0 heterocycles.